The Morgan fingerprint density at radius 1 is 1.33 bits per heavy atom. The standard InChI is InChI=1S/C11H13F2NO/c12-9-6-11(15)10(13)5-7(9)4-8-2-1-3-14-8/h5-6,8,14-15H,1-4H2. The number of phenols is 1. The van der Waals surface area contributed by atoms with Crippen molar-refractivity contribution in [2.24, 2.45) is 0 Å². The lowest BCUT2D eigenvalue weighted by Gasteiger charge is -2.11. The van der Waals surface area contributed by atoms with Gasteiger partial charge in [-0.05, 0) is 37.4 Å². The molecule has 1 fully saturated rings. The van der Waals surface area contributed by atoms with Crippen molar-refractivity contribution in [3.8, 4) is 5.75 Å². The van der Waals surface area contributed by atoms with E-state index in [1.165, 1.54) is 0 Å². The summed E-state index contributed by atoms with van der Waals surface area (Å²) in [7, 11) is 0. The van der Waals surface area contributed by atoms with Gasteiger partial charge in [0.05, 0.1) is 0 Å². The second-order valence-corrected chi connectivity index (χ2v) is 3.89. The molecular weight excluding hydrogens is 200 g/mol. The van der Waals surface area contributed by atoms with Gasteiger partial charge in [-0.2, -0.15) is 0 Å². The van der Waals surface area contributed by atoms with Crippen LogP contribution in [0.5, 0.6) is 5.75 Å². The first kappa shape index (κ1) is 10.4. The van der Waals surface area contributed by atoms with Gasteiger partial charge in [0.2, 0.25) is 0 Å². The molecule has 1 atom stereocenters. The lowest BCUT2D eigenvalue weighted by molar-refractivity contribution is 0.423. The van der Waals surface area contributed by atoms with Gasteiger partial charge < -0.3 is 10.4 Å². The number of hydrogen-bond donors (Lipinski definition) is 2. The van der Waals surface area contributed by atoms with Crippen molar-refractivity contribution >= 4 is 0 Å². The third-order valence-corrected chi connectivity index (χ3v) is 2.74. The van der Waals surface area contributed by atoms with Crippen LogP contribution in [0.15, 0.2) is 12.1 Å². The summed E-state index contributed by atoms with van der Waals surface area (Å²) < 4.78 is 26.3. The van der Waals surface area contributed by atoms with E-state index in [0.717, 1.165) is 31.5 Å². The van der Waals surface area contributed by atoms with Gasteiger partial charge in [0.1, 0.15) is 5.82 Å². The maximum Gasteiger partial charge on any atom is 0.165 e. The van der Waals surface area contributed by atoms with Gasteiger partial charge in [-0.15, -0.1) is 0 Å². The molecule has 4 heteroatoms. The number of hydrogen-bond acceptors (Lipinski definition) is 2. The predicted octanol–water partition coefficient (Wildman–Crippen LogP) is 1.96. The van der Waals surface area contributed by atoms with Crippen LogP contribution in [-0.2, 0) is 6.42 Å². The molecule has 2 rings (SSSR count). The Kier molecular flexibility index (Phi) is 2.86. The molecule has 0 saturated carbocycles. The maximum atomic E-state index is 13.3. The number of benzene rings is 1. The largest absolute Gasteiger partial charge is 0.505 e. The van der Waals surface area contributed by atoms with E-state index in [2.05, 4.69) is 5.32 Å². The van der Waals surface area contributed by atoms with Crippen molar-refractivity contribution in [2.75, 3.05) is 6.54 Å². The summed E-state index contributed by atoms with van der Waals surface area (Å²) in [6, 6.07) is 2.13. The van der Waals surface area contributed by atoms with Crippen molar-refractivity contribution in [3.05, 3.63) is 29.3 Å². The SMILES string of the molecule is Oc1cc(F)c(CC2CCCN2)cc1F. The lowest BCUT2D eigenvalue weighted by atomic mass is 10.0. The van der Waals surface area contributed by atoms with Gasteiger partial charge in [-0.3, -0.25) is 0 Å². The zero-order valence-corrected chi connectivity index (χ0v) is 8.26. The van der Waals surface area contributed by atoms with Crippen LogP contribution in [0.3, 0.4) is 0 Å². The number of phenolic OH excluding ortho intramolecular Hbond substituents is 1. The maximum absolute atomic E-state index is 13.3. The molecule has 2 N–H and O–H groups in total. The molecule has 1 unspecified atom stereocenters. The van der Waals surface area contributed by atoms with Crippen LogP contribution in [0, 0.1) is 11.6 Å². The summed E-state index contributed by atoms with van der Waals surface area (Å²) in [5.74, 6) is -1.93. The molecule has 1 heterocycles. The monoisotopic (exact) mass is 213 g/mol. The van der Waals surface area contributed by atoms with Crippen molar-refractivity contribution < 1.29 is 13.9 Å². The highest BCUT2D eigenvalue weighted by Gasteiger charge is 2.17. The van der Waals surface area contributed by atoms with Gasteiger partial charge >= 0.3 is 0 Å². The summed E-state index contributed by atoms with van der Waals surface area (Å²) in [5, 5.41) is 12.2. The van der Waals surface area contributed by atoms with Crippen LogP contribution >= 0.6 is 0 Å². The van der Waals surface area contributed by atoms with Crippen LogP contribution in [0.25, 0.3) is 0 Å². The van der Waals surface area contributed by atoms with Crippen molar-refractivity contribution in [1.29, 1.82) is 0 Å². The van der Waals surface area contributed by atoms with Gasteiger partial charge in [-0.1, -0.05) is 0 Å². The predicted molar refractivity (Wildman–Crippen MR) is 52.8 cm³/mol. The molecule has 1 aliphatic rings. The molecule has 15 heavy (non-hydrogen) atoms. The molecule has 0 amide bonds. The van der Waals surface area contributed by atoms with E-state index in [9.17, 15) is 8.78 Å². The van der Waals surface area contributed by atoms with Crippen LogP contribution in [0.1, 0.15) is 18.4 Å². The van der Waals surface area contributed by atoms with E-state index in [1.54, 1.807) is 0 Å². The third-order valence-electron chi connectivity index (χ3n) is 2.74. The molecule has 1 aliphatic heterocycles. The Bertz CT molecular complexity index is 362. The van der Waals surface area contributed by atoms with Crippen molar-refractivity contribution in [3.63, 3.8) is 0 Å². The highest BCUT2D eigenvalue weighted by atomic mass is 19.1. The second kappa shape index (κ2) is 4.14. The highest BCUT2D eigenvalue weighted by molar-refractivity contribution is 5.30. The Morgan fingerprint density at radius 2 is 2.13 bits per heavy atom. The Labute approximate surface area is 86.9 Å². The van der Waals surface area contributed by atoms with Gasteiger partial charge in [0, 0.05) is 12.1 Å². The third kappa shape index (κ3) is 2.26. The molecule has 0 spiro atoms. The zero-order valence-electron chi connectivity index (χ0n) is 8.26. The second-order valence-electron chi connectivity index (χ2n) is 3.89. The number of aromatic hydroxyl groups is 1. The van der Waals surface area contributed by atoms with Gasteiger partial charge in [0.25, 0.3) is 0 Å². The first-order chi connectivity index (χ1) is 7.16. The lowest BCUT2D eigenvalue weighted by Crippen LogP contribution is -2.24. The van der Waals surface area contributed by atoms with E-state index in [-0.39, 0.29) is 6.04 Å². The fourth-order valence-corrected chi connectivity index (χ4v) is 1.93. The van der Waals surface area contributed by atoms with E-state index in [4.69, 9.17) is 5.11 Å². The molecule has 1 aromatic carbocycles. The van der Waals surface area contributed by atoms with Gasteiger partial charge in [0.15, 0.2) is 11.6 Å². The highest BCUT2D eigenvalue weighted by Crippen LogP contribution is 2.22. The topological polar surface area (TPSA) is 32.3 Å². The first-order valence-corrected chi connectivity index (χ1v) is 5.07. The normalized spacial score (nSPS) is 20.8. The van der Waals surface area contributed by atoms with E-state index < -0.39 is 17.4 Å². The first-order valence-electron chi connectivity index (χ1n) is 5.07. The minimum Gasteiger partial charge on any atom is -0.505 e. The molecule has 1 saturated heterocycles. The van der Waals surface area contributed by atoms with Crippen LogP contribution in [-0.4, -0.2) is 17.7 Å². The summed E-state index contributed by atoms with van der Waals surface area (Å²) in [5.41, 5.74) is 0.324. The average Bonchev–Trinajstić information content (AvgIpc) is 2.67. The molecule has 2 nitrogen and oxygen atoms in total. The number of nitrogens with one attached hydrogen (secondary N) is 1. The Hall–Kier alpha value is -1.16. The molecule has 0 radical (unpaired) electrons. The van der Waals surface area contributed by atoms with E-state index in [1.807, 2.05) is 0 Å². The van der Waals surface area contributed by atoms with E-state index in [0.29, 0.717) is 12.0 Å². The molecular formula is C11H13F2NO. The fraction of sp³-hybridized carbons (Fsp3) is 0.455. The molecule has 1 aromatic rings. The van der Waals surface area contributed by atoms with Crippen LogP contribution in [0.4, 0.5) is 8.78 Å². The van der Waals surface area contributed by atoms with Crippen LogP contribution < -0.4 is 5.32 Å². The summed E-state index contributed by atoms with van der Waals surface area (Å²) in [4.78, 5) is 0. The van der Waals surface area contributed by atoms with Crippen LogP contribution in [0.2, 0.25) is 0 Å². The smallest absolute Gasteiger partial charge is 0.165 e. The summed E-state index contributed by atoms with van der Waals surface area (Å²) in [6.45, 7) is 0.937. The van der Waals surface area contributed by atoms with Crippen molar-refractivity contribution in [2.45, 2.75) is 25.3 Å². The van der Waals surface area contributed by atoms with Crippen molar-refractivity contribution in [1.82, 2.24) is 5.32 Å². The number of halogens is 2. The van der Waals surface area contributed by atoms with Gasteiger partial charge in [-0.25, -0.2) is 8.78 Å². The summed E-state index contributed by atoms with van der Waals surface area (Å²) >= 11 is 0. The fourth-order valence-electron chi connectivity index (χ4n) is 1.93. The zero-order chi connectivity index (χ0) is 10.8. The molecule has 0 aromatic heterocycles. The summed E-state index contributed by atoms with van der Waals surface area (Å²) in [6.07, 6.45) is 2.54. The Balaban J connectivity index is 2.16. The minimum absolute atomic E-state index is 0.225. The molecule has 82 valence electrons. The quantitative estimate of drug-likeness (QED) is 0.787. The minimum atomic E-state index is -0.760. The average molecular weight is 213 g/mol. The van der Waals surface area contributed by atoms with E-state index >= 15 is 0 Å². The Morgan fingerprint density at radius 3 is 2.80 bits per heavy atom. The number of rotatable bonds is 2. The molecule has 0 bridgehead atoms. The molecule has 0 aliphatic carbocycles.